The van der Waals surface area contributed by atoms with Gasteiger partial charge in [-0.3, -0.25) is 0 Å². The van der Waals surface area contributed by atoms with Gasteiger partial charge in [0.05, 0.1) is 0 Å². The van der Waals surface area contributed by atoms with E-state index in [0.717, 1.165) is 11.1 Å². The van der Waals surface area contributed by atoms with Gasteiger partial charge in [0, 0.05) is 10.6 Å². The normalized spacial score (nSPS) is 11.2. The number of halogens is 1. The predicted octanol–water partition coefficient (Wildman–Crippen LogP) is 3.20. The van der Waals surface area contributed by atoms with Gasteiger partial charge in [-0.25, -0.2) is 4.79 Å². The van der Waals surface area contributed by atoms with Crippen LogP contribution in [0.1, 0.15) is 16.7 Å². The van der Waals surface area contributed by atoms with E-state index in [1.807, 2.05) is 26.0 Å². The summed E-state index contributed by atoms with van der Waals surface area (Å²) >= 11 is 5.78. The van der Waals surface area contributed by atoms with Crippen LogP contribution in [0.5, 0.6) is 5.75 Å². The molecular weight excluding hydrogens is 316 g/mol. The molecule has 2 aromatic rings. The van der Waals surface area contributed by atoms with Gasteiger partial charge in [-0.2, -0.15) is 0 Å². The van der Waals surface area contributed by atoms with Crippen LogP contribution in [0.3, 0.4) is 0 Å². The van der Waals surface area contributed by atoms with E-state index >= 15 is 0 Å². The number of aryl methyl sites for hydroxylation is 2. The molecule has 0 aliphatic heterocycles. The quantitative estimate of drug-likeness (QED) is 0.395. The van der Waals surface area contributed by atoms with E-state index in [2.05, 4.69) is 5.16 Å². The summed E-state index contributed by atoms with van der Waals surface area (Å²) in [5.41, 5.74) is 8.57. The van der Waals surface area contributed by atoms with Gasteiger partial charge >= 0.3 is 5.97 Å². The topological polar surface area (TPSA) is 73.9 Å². The van der Waals surface area contributed by atoms with Crippen molar-refractivity contribution >= 4 is 23.4 Å². The van der Waals surface area contributed by atoms with E-state index in [9.17, 15) is 4.79 Å². The first kappa shape index (κ1) is 16.8. The average Bonchev–Trinajstić information content (AvgIpc) is 2.54. The monoisotopic (exact) mass is 332 g/mol. The maximum absolute atomic E-state index is 11.6. The van der Waals surface area contributed by atoms with Crippen molar-refractivity contribution in [3.8, 4) is 5.75 Å². The molecule has 0 saturated heterocycles. The van der Waals surface area contributed by atoms with E-state index < -0.39 is 5.97 Å². The van der Waals surface area contributed by atoms with Crippen LogP contribution in [0.4, 0.5) is 0 Å². The highest BCUT2D eigenvalue weighted by molar-refractivity contribution is 6.30. The zero-order chi connectivity index (χ0) is 16.8. The summed E-state index contributed by atoms with van der Waals surface area (Å²) in [6.45, 7) is 3.72. The number of ether oxygens (including phenoxy) is 1. The Balaban J connectivity index is 1.88. The summed E-state index contributed by atoms with van der Waals surface area (Å²) in [4.78, 5) is 16.4. The van der Waals surface area contributed by atoms with Crippen LogP contribution in [-0.4, -0.2) is 18.4 Å². The number of carbonyl (C=O) groups excluding carboxylic acids is 1. The summed E-state index contributed by atoms with van der Waals surface area (Å²) in [5, 5.41) is 4.17. The molecule has 0 spiro atoms. The SMILES string of the molecule is Cc1ccc(OCC(=O)O/N=C(\N)c2ccc(Cl)cc2)cc1C. The van der Waals surface area contributed by atoms with E-state index in [1.165, 1.54) is 0 Å². The molecule has 0 amide bonds. The Morgan fingerprint density at radius 2 is 1.83 bits per heavy atom. The minimum atomic E-state index is -0.639. The van der Waals surface area contributed by atoms with Crippen molar-refractivity contribution < 1.29 is 14.4 Å². The first-order valence-electron chi connectivity index (χ1n) is 6.95. The van der Waals surface area contributed by atoms with Crippen LogP contribution in [0.15, 0.2) is 47.6 Å². The minimum absolute atomic E-state index is 0.0844. The van der Waals surface area contributed by atoms with Crippen LogP contribution in [0, 0.1) is 13.8 Å². The molecule has 0 radical (unpaired) electrons. The number of nitrogens with zero attached hydrogens (tertiary/aromatic N) is 1. The third-order valence-electron chi connectivity index (χ3n) is 3.22. The number of hydrogen-bond acceptors (Lipinski definition) is 4. The Morgan fingerprint density at radius 1 is 1.13 bits per heavy atom. The lowest BCUT2D eigenvalue weighted by molar-refractivity contribution is -0.146. The molecular formula is C17H17ClN2O3. The average molecular weight is 333 g/mol. The summed E-state index contributed by atoms with van der Waals surface area (Å²) in [5.74, 6) is 0.0426. The summed E-state index contributed by atoms with van der Waals surface area (Å²) in [6.07, 6.45) is 0. The van der Waals surface area contributed by atoms with Crippen LogP contribution >= 0.6 is 11.6 Å². The largest absolute Gasteiger partial charge is 0.482 e. The first-order valence-corrected chi connectivity index (χ1v) is 7.33. The molecule has 0 atom stereocenters. The fourth-order valence-corrected chi connectivity index (χ4v) is 1.87. The van der Waals surface area contributed by atoms with Crippen molar-refractivity contribution in [3.63, 3.8) is 0 Å². The number of amidine groups is 1. The second-order valence-corrected chi connectivity index (χ2v) is 5.42. The predicted molar refractivity (Wildman–Crippen MR) is 89.7 cm³/mol. The lowest BCUT2D eigenvalue weighted by Gasteiger charge is -2.07. The second-order valence-electron chi connectivity index (χ2n) is 4.98. The highest BCUT2D eigenvalue weighted by atomic mass is 35.5. The van der Waals surface area contributed by atoms with Crippen molar-refractivity contribution in [1.29, 1.82) is 0 Å². The zero-order valence-corrected chi connectivity index (χ0v) is 13.6. The second kappa shape index (κ2) is 7.65. The highest BCUT2D eigenvalue weighted by Crippen LogP contribution is 2.16. The Hall–Kier alpha value is -2.53. The molecule has 23 heavy (non-hydrogen) atoms. The molecule has 0 aromatic heterocycles. The van der Waals surface area contributed by atoms with Crippen LogP contribution in [0.25, 0.3) is 0 Å². The number of benzene rings is 2. The molecule has 0 fully saturated rings. The number of nitrogens with two attached hydrogens (primary N) is 1. The smallest absolute Gasteiger partial charge is 0.372 e. The van der Waals surface area contributed by atoms with Crippen LogP contribution in [0.2, 0.25) is 5.02 Å². The summed E-state index contributed by atoms with van der Waals surface area (Å²) in [6, 6.07) is 12.3. The van der Waals surface area contributed by atoms with Crippen molar-refractivity contribution in [2.45, 2.75) is 13.8 Å². The molecule has 0 unspecified atom stereocenters. The number of carbonyl (C=O) groups is 1. The third kappa shape index (κ3) is 5.00. The maximum atomic E-state index is 11.6. The van der Waals surface area contributed by atoms with Gasteiger partial charge in [0.25, 0.3) is 0 Å². The number of hydrogen-bond donors (Lipinski definition) is 1. The van der Waals surface area contributed by atoms with Gasteiger partial charge < -0.3 is 15.3 Å². The standard InChI is InChI=1S/C17H17ClN2O3/c1-11-3-8-15(9-12(11)2)22-10-16(21)23-20-17(19)13-4-6-14(18)7-5-13/h3-9H,10H2,1-2H3,(H2,19,20). The fraction of sp³-hybridized carbons (Fsp3) is 0.176. The van der Waals surface area contributed by atoms with Gasteiger partial charge in [-0.15, -0.1) is 0 Å². The van der Waals surface area contributed by atoms with E-state index in [4.69, 9.17) is 26.9 Å². The van der Waals surface area contributed by atoms with Crippen LogP contribution < -0.4 is 10.5 Å². The fourth-order valence-electron chi connectivity index (χ4n) is 1.75. The van der Waals surface area contributed by atoms with Gasteiger partial charge in [0.1, 0.15) is 5.75 Å². The molecule has 0 saturated carbocycles. The third-order valence-corrected chi connectivity index (χ3v) is 3.47. The molecule has 0 aliphatic carbocycles. The molecule has 2 aromatic carbocycles. The van der Waals surface area contributed by atoms with Crippen molar-refractivity contribution in [1.82, 2.24) is 0 Å². The zero-order valence-electron chi connectivity index (χ0n) is 12.9. The molecule has 0 heterocycles. The molecule has 6 heteroatoms. The van der Waals surface area contributed by atoms with Gasteiger partial charge in [-0.05, 0) is 61.4 Å². The van der Waals surface area contributed by atoms with Gasteiger partial charge in [0.15, 0.2) is 12.4 Å². The first-order chi connectivity index (χ1) is 11.0. The van der Waals surface area contributed by atoms with Crippen molar-refractivity contribution in [3.05, 3.63) is 64.2 Å². The van der Waals surface area contributed by atoms with Gasteiger partial charge in [0.2, 0.25) is 0 Å². The van der Waals surface area contributed by atoms with Gasteiger partial charge in [-0.1, -0.05) is 22.8 Å². The van der Waals surface area contributed by atoms with E-state index in [-0.39, 0.29) is 12.4 Å². The molecule has 0 bridgehead atoms. The summed E-state index contributed by atoms with van der Waals surface area (Å²) < 4.78 is 5.36. The molecule has 120 valence electrons. The Morgan fingerprint density at radius 3 is 2.48 bits per heavy atom. The molecule has 2 N–H and O–H groups in total. The molecule has 0 aliphatic rings. The lowest BCUT2D eigenvalue weighted by Crippen LogP contribution is -2.18. The van der Waals surface area contributed by atoms with Crippen LogP contribution in [-0.2, 0) is 9.63 Å². The minimum Gasteiger partial charge on any atom is -0.482 e. The maximum Gasteiger partial charge on any atom is 0.372 e. The Kier molecular flexibility index (Phi) is 5.60. The van der Waals surface area contributed by atoms with Crippen molar-refractivity contribution in [2.75, 3.05) is 6.61 Å². The Labute approximate surface area is 139 Å². The van der Waals surface area contributed by atoms with E-state index in [1.54, 1.807) is 30.3 Å². The number of oxime groups is 1. The molecule has 5 nitrogen and oxygen atoms in total. The molecule has 2 rings (SSSR count). The Bertz CT molecular complexity index is 727. The van der Waals surface area contributed by atoms with Crippen molar-refractivity contribution in [2.24, 2.45) is 10.9 Å². The number of rotatable bonds is 5. The summed E-state index contributed by atoms with van der Waals surface area (Å²) in [7, 11) is 0. The highest BCUT2D eigenvalue weighted by Gasteiger charge is 2.06. The lowest BCUT2D eigenvalue weighted by atomic mass is 10.1. The van der Waals surface area contributed by atoms with E-state index in [0.29, 0.717) is 16.3 Å².